The summed E-state index contributed by atoms with van der Waals surface area (Å²) in [6, 6.07) is 23.8. The Kier molecular flexibility index (Phi) is 10.9. The van der Waals surface area contributed by atoms with E-state index in [0.717, 1.165) is 41.0 Å². The molecule has 0 aliphatic rings. The van der Waals surface area contributed by atoms with Crippen molar-refractivity contribution < 1.29 is 22.7 Å². The lowest BCUT2D eigenvalue weighted by Gasteiger charge is -2.18. The lowest BCUT2D eigenvalue weighted by atomic mass is 10.0. The molecule has 230 valence electrons. The molecule has 0 saturated heterocycles. The second-order valence-electron chi connectivity index (χ2n) is 10.6. The maximum Gasteiger partial charge on any atom is 0.338 e. The summed E-state index contributed by atoms with van der Waals surface area (Å²) >= 11 is 0. The van der Waals surface area contributed by atoms with Crippen LogP contribution in [0.5, 0.6) is 0 Å². The highest BCUT2D eigenvalue weighted by molar-refractivity contribution is 7.89. The number of carbonyl (C=O) groups is 2. The third-order valence-corrected chi connectivity index (χ3v) is 8.66. The standard InChI is InChI=1S/C34H38N4O5S/c1-5-6-20-43-34(40)28-14-16-30(17-15-28)38-25(3)21-29(26(38)4)23-35-36-33(39)22-32(27-10-8-7-9-11-27)37-44(41,42)31-18-12-24(2)13-19-31/h7-19,21,23,32,37H,5-6,20,22H2,1-4H3,(H,36,39)/b35-23-/t32-/m0/s1. The molecular weight excluding hydrogens is 576 g/mol. The van der Waals surface area contributed by atoms with Crippen LogP contribution in [0.25, 0.3) is 5.69 Å². The molecule has 2 N–H and O–H groups in total. The van der Waals surface area contributed by atoms with E-state index in [2.05, 4.69) is 15.2 Å². The number of nitrogens with one attached hydrogen (secondary N) is 2. The van der Waals surface area contributed by atoms with Gasteiger partial charge in [-0.25, -0.2) is 23.4 Å². The minimum atomic E-state index is -3.88. The molecule has 4 rings (SSSR count). The third-order valence-electron chi connectivity index (χ3n) is 7.18. The quantitative estimate of drug-likeness (QED) is 0.0839. The zero-order chi connectivity index (χ0) is 31.7. The number of hydrazone groups is 1. The Labute approximate surface area is 259 Å². The van der Waals surface area contributed by atoms with Crippen molar-refractivity contribution in [3.05, 3.63) is 119 Å². The van der Waals surface area contributed by atoms with Crippen LogP contribution in [0.4, 0.5) is 0 Å². The fraction of sp³-hybridized carbons (Fsp3) is 0.265. The van der Waals surface area contributed by atoms with E-state index in [-0.39, 0.29) is 17.3 Å². The number of aryl methyl sites for hydroxylation is 2. The average Bonchev–Trinajstić information content (AvgIpc) is 3.29. The molecule has 0 aliphatic heterocycles. The summed E-state index contributed by atoms with van der Waals surface area (Å²) in [5.41, 5.74) is 8.15. The first-order valence-corrected chi connectivity index (χ1v) is 16.0. The van der Waals surface area contributed by atoms with Gasteiger partial charge in [0.25, 0.3) is 0 Å². The molecule has 0 aliphatic carbocycles. The van der Waals surface area contributed by atoms with Gasteiger partial charge in [0.15, 0.2) is 0 Å². The molecule has 1 aromatic heterocycles. The summed E-state index contributed by atoms with van der Waals surface area (Å²) in [7, 11) is -3.88. The first-order chi connectivity index (χ1) is 21.1. The van der Waals surface area contributed by atoms with E-state index in [1.165, 1.54) is 12.1 Å². The van der Waals surface area contributed by atoms with Crippen molar-refractivity contribution in [1.29, 1.82) is 0 Å². The molecule has 4 aromatic rings. The minimum absolute atomic E-state index is 0.124. The number of rotatable bonds is 13. The van der Waals surface area contributed by atoms with Crippen molar-refractivity contribution in [2.24, 2.45) is 5.10 Å². The lowest BCUT2D eigenvalue weighted by molar-refractivity contribution is -0.121. The van der Waals surface area contributed by atoms with E-state index in [1.54, 1.807) is 54.7 Å². The van der Waals surface area contributed by atoms with Gasteiger partial charge in [-0.3, -0.25) is 4.79 Å². The Morgan fingerprint density at radius 1 is 0.955 bits per heavy atom. The number of nitrogens with zero attached hydrogens (tertiary/aromatic N) is 2. The summed E-state index contributed by atoms with van der Waals surface area (Å²) in [6.45, 7) is 8.22. The Morgan fingerprint density at radius 3 is 2.30 bits per heavy atom. The molecule has 9 nitrogen and oxygen atoms in total. The number of aromatic nitrogens is 1. The van der Waals surface area contributed by atoms with Gasteiger partial charge in [0, 0.05) is 29.1 Å². The zero-order valence-electron chi connectivity index (χ0n) is 25.4. The number of amides is 1. The molecule has 1 atom stereocenters. The van der Waals surface area contributed by atoms with E-state index in [1.807, 2.05) is 56.5 Å². The molecule has 3 aromatic carbocycles. The van der Waals surface area contributed by atoms with E-state index < -0.39 is 22.0 Å². The minimum Gasteiger partial charge on any atom is -0.462 e. The molecule has 0 fully saturated rings. The number of carbonyl (C=O) groups excluding carboxylic acids is 2. The number of hydrogen-bond acceptors (Lipinski definition) is 6. The number of esters is 1. The highest BCUT2D eigenvalue weighted by atomic mass is 32.2. The Hall–Kier alpha value is -4.54. The maximum absolute atomic E-state index is 13.1. The molecule has 44 heavy (non-hydrogen) atoms. The fourth-order valence-corrected chi connectivity index (χ4v) is 5.97. The monoisotopic (exact) mass is 614 g/mol. The first-order valence-electron chi connectivity index (χ1n) is 14.5. The maximum atomic E-state index is 13.1. The van der Waals surface area contributed by atoms with Gasteiger partial charge in [0.05, 0.1) is 29.3 Å². The van der Waals surface area contributed by atoms with Crippen LogP contribution in [-0.4, -0.2) is 37.7 Å². The summed E-state index contributed by atoms with van der Waals surface area (Å²) in [5.74, 6) is -0.788. The number of benzene rings is 3. The van der Waals surface area contributed by atoms with E-state index in [4.69, 9.17) is 4.74 Å². The van der Waals surface area contributed by atoms with E-state index in [9.17, 15) is 18.0 Å². The Morgan fingerprint density at radius 2 is 1.64 bits per heavy atom. The fourth-order valence-electron chi connectivity index (χ4n) is 4.75. The van der Waals surface area contributed by atoms with E-state index in [0.29, 0.717) is 17.7 Å². The van der Waals surface area contributed by atoms with Crippen molar-refractivity contribution in [1.82, 2.24) is 14.7 Å². The topological polar surface area (TPSA) is 119 Å². The third kappa shape index (κ3) is 8.30. The van der Waals surface area contributed by atoms with Gasteiger partial charge in [-0.15, -0.1) is 0 Å². The van der Waals surface area contributed by atoms with Crippen LogP contribution in [0, 0.1) is 20.8 Å². The van der Waals surface area contributed by atoms with Crippen molar-refractivity contribution in [3.8, 4) is 5.69 Å². The SMILES string of the molecule is CCCCOC(=O)c1ccc(-n2c(C)cc(/C=N\NC(=O)C[C@H](NS(=O)(=O)c3ccc(C)cc3)c3ccccc3)c2C)cc1. The summed E-state index contributed by atoms with van der Waals surface area (Å²) in [5, 5.41) is 4.16. The zero-order valence-corrected chi connectivity index (χ0v) is 26.2. The predicted molar refractivity (Wildman–Crippen MR) is 171 cm³/mol. The first kappa shape index (κ1) is 32.4. The van der Waals surface area contributed by atoms with Crippen LogP contribution < -0.4 is 10.1 Å². The number of unbranched alkanes of at least 4 members (excludes halogenated alkanes) is 1. The van der Waals surface area contributed by atoms with Crippen LogP contribution >= 0.6 is 0 Å². The lowest BCUT2D eigenvalue weighted by Crippen LogP contribution is -2.32. The molecule has 0 bridgehead atoms. The summed E-state index contributed by atoms with van der Waals surface area (Å²) < 4.78 is 36.2. The van der Waals surface area contributed by atoms with Crippen LogP contribution in [0.15, 0.2) is 94.9 Å². The Bertz CT molecular complexity index is 1710. The average molecular weight is 615 g/mol. The summed E-state index contributed by atoms with van der Waals surface area (Å²) in [6.07, 6.45) is 3.19. The number of ether oxygens (including phenoxy) is 1. The van der Waals surface area contributed by atoms with Crippen molar-refractivity contribution in [2.75, 3.05) is 6.61 Å². The normalized spacial score (nSPS) is 12.3. The largest absolute Gasteiger partial charge is 0.462 e. The van der Waals surface area contributed by atoms with Gasteiger partial charge in [-0.2, -0.15) is 5.10 Å². The van der Waals surface area contributed by atoms with E-state index >= 15 is 0 Å². The van der Waals surface area contributed by atoms with Crippen LogP contribution in [0.3, 0.4) is 0 Å². The molecule has 1 amide bonds. The molecule has 0 spiro atoms. The second-order valence-corrected chi connectivity index (χ2v) is 12.3. The van der Waals surface area contributed by atoms with Gasteiger partial charge in [0.2, 0.25) is 15.9 Å². The van der Waals surface area contributed by atoms with Crippen LogP contribution in [0.1, 0.15) is 70.7 Å². The van der Waals surface area contributed by atoms with Crippen molar-refractivity contribution >= 4 is 28.1 Å². The molecule has 0 saturated carbocycles. The number of sulfonamides is 1. The van der Waals surface area contributed by atoms with Gasteiger partial charge >= 0.3 is 5.97 Å². The van der Waals surface area contributed by atoms with Gasteiger partial charge in [-0.05, 0) is 75.2 Å². The highest BCUT2D eigenvalue weighted by Gasteiger charge is 2.24. The second kappa shape index (κ2) is 14.8. The van der Waals surface area contributed by atoms with Gasteiger partial charge < -0.3 is 9.30 Å². The van der Waals surface area contributed by atoms with Crippen molar-refractivity contribution in [3.63, 3.8) is 0 Å². The molecular formula is C34H38N4O5S. The van der Waals surface area contributed by atoms with Crippen molar-refractivity contribution in [2.45, 2.75) is 57.9 Å². The molecule has 10 heteroatoms. The molecule has 0 unspecified atom stereocenters. The Balaban J connectivity index is 1.44. The smallest absolute Gasteiger partial charge is 0.338 e. The van der Waals surface area contributed by atoms with Gasteiger partial charge in [0.1, 0.15) is 0 Å². The molecule has 1 heterocycles. The van der Waals surface area contributed by atoms with Gasteiger partial charge in [-0.1, -0.05) is 61.4 Å². The predicted octanol–water partition coefficient (Wildman–Crippen LogP) is 5.92. The highest BCUT2D eigenvalue weighted by Crippen LogP contribution is 2.22. The summed E-state index contributed by atoms with van der Waals surface area (Å²) in [4.78, 5) is 25.3. The molecule has 0 radical (unpaired) electrons. The van der Waals surface area contributed by atoms with Crippen LogP contribution in [-0.2, 0) is 19.6 Å². The number of hydrogen-bond donors (Lipinski definition) is 2. The van der Waals surface area contributed by atoms with Crippen LogP contribution in [0.2, 0.25) is 0 Å².